The van der Waals surface area contributed by atoms with Gasteiger partial charge in [0.05, 0.1) is 24.3 Å². The highest BCUT2D eigenvalue weighted by Crippen LogP contribution is 2.19. The molecule has 0 heterocycles. The van der Waals surface area contributed by atoms with Crippen LogP contribution in [0.2, 0.25) is 0 Å². The van der Waals surface area contributed by atoms with E-state index in [0.29, 0.717) is 42.4 Å². The van der Waals surface area contributed by atoms with Crippen molar-refractivity contribution in [3.05, 3.63) is 59.7 Å². The lowest BCUT2D eigenvalue weighted by Gasteiger charge is -2.17. The van der Waals surface area contributed by atoms with Crippen molar-refractivity contribution in [2.24, 2.45) is 0 Å². The van der Waals surface area contributed by atoms with Gasteiger partial charge in [-0.15, -0.1) is 0 Å². The number of carbonyl (C=O) groups is 2. The zero-order valence-electron chi connectivity index (χ0n) is 20.2. The minimum atomic E-state index is -0.257. The molecule has 1 unspecified atom stereocenters. The standard InChI is InChI=1S/C27H38N2O4/c1-4-6-12-18-32-24-16-10-8-14-22(24)26(30)28-20-21(3)29-27(31)23-15-9-11-17-25(23)33-19-13-7-5-2/h8-11,14-17,21H,4-7,12-13,18-20H2,1-3H3,(H,28,30)(H,29,31). The van der Waals surface area contributed by atoms with Crippen molar-refractivity contribution >= 4 is 11.8 Å². The fourth-order valence-electron chi connectivity index (χ4n) is 3.32. The maximum atomic E-state index is 12.8. The molecule has 6 nitrogen and oxygen atoms in total. The van der Waals surface area contributed by atoms with Gasteiger partial charge >= 0.3 is 0 Å². The van der Waals surface area contributed by atoms with Gasteiger partial charge in [0.2, 0.25) is 0 Å². The maximum Gasteiger partial charge on any atom is 0.255 e. The number of ether oxygens (including phenoxy) is 2. The van der Waals surface area contributed by atoms with E-state index >= 15 is 0 Å². The molecular formula is C27H38N2O4. The third kappa shape index (κ3) is 9.16. The fraction of sp³-hybridized carbons (Fsp3) is 0.481. The fourth-order valence-corrected chi connectivity index (χ4v) is 3.32. The van der Waals surface area contributed by atoms with Crippen LogP contribution in [0.5, 0.6) is 11.5 Å². The number of rotatable bonds is 15. The third-order valence-corrected chi connectivity index (χ3v) is 5.22. The topological polar surface area (TPSA) is 76.7 Å². The van der Waals surface area contributed by atoms with Crippen LogP contribution in [0.25, 0.3) is 0 Å². The first-order valence-corrected chi connectivity index (χ1v) is 12.1. The average molecular weight is 455 g/mol. The highest BCUT2D eigenvalue weighted by atomic mass is 16.5. The highest BCUT2D eigenvalue weighted by molar-refractivity contribution is 5.98. The summed E-state index contributed by atoms with van der Waals surface area (Å²) in [7, 11) is 0. The van der Waals surface area contributed by atoms with E-state index in [0.717, 1.165) is 38.5 Å². The Bertz CT molecular complexity index is 869. The second kappa shape index (κ2) is 14.9. The summed E-state index contributed by atoms with van der Waals surface area (Å²) < 4.78 is 11.6. The quantitative estimate of drug-likeness (QED) is 0.355. The van der Waals surface area contributed by atoms with Gasteiger partial charge in [0.1, 0.15) is 11.5 Å². The van der Waals surface area contributed by atoms with Crippen molar-refractivity contribution in [3.63, 3.8) is 0 Å². The van der Waals surface area contributed by atoms with Crippen LogP contribution in [0.3, 0.4) is 0 Å². The molecule has 2 aromatic rings. The van der Waals surface area contributed by atoms with Crippen LogP contribution in [0.4, 0.5) is 0 Å². The van der Waals surface area contributed by atoms with E-state index in [1.807, 2.05) is 43.3 Å². The van der Waals surface area contributed by atoms with Gasteiger partial charge < -0.3 is 20.1 Å². The number of amides is 2. The van der Waals surface area contributed by atoms with Crippen molar-refractivity contribution in [1.82, 2.24) is 10.6 Å². The van der Waals surface area contributed by atoms with Crippen LogP contribution in [0.15, 0.2) is 48.5 Å². The lowest BCUT2D eigenvalue weighted by molar-refractivity contribution is 0.0907. The zero-order valence-corrected chi connectivity index (χ0v) is 20.2. The molecule has 0 saturated carbocycles. The molecule has 2 amide bonds. The Morgan fingerprint density at radius 3 is 1.76 bits per heavy atom. The minimum Gasteiger partial charge on any atom is -0.493 e. The van der Waals surface area contributed by atoms with Gasteiger partial charge in [0.25, 0.3) is 11.8 Å². The first-order valence-electron chi connectivity index (χ1n) is 12.1. The van der Waals surface area contributed by atoms with Gasteiger partial charge in [-0.1, -0.05) is 63.8 Å². The van der Waals surface area contributed by atoms with Crippen LogP contribution < -0.4 is 20.1 Å². The number of nitrogens with one attached hydrogen (secondary N) is 2. The van der Waals surface area contributed by atoms with Crippen molar-refractivity contribution in [2.45, 2.75) is 65.3 Å². The second-order valence-corrected chi connectivity index (χ2v) is 8.19. The number of hydrogen-bond donors (Lipinski definition) is 2. The molecule has 0 aliphatic carbocycles. The van der Waals surface area contributed by atoms with Gasteiger partial charge in [-0.25, -0.2) is 0 Å². The molecule has 0 aliphatic heterocycles. The molecule has 2 rings (SSSR count). The lowest BCUT2D eigenvalue weighted by Crippen LogP contribution is -2.42. The molecule has 0 fully saturated rings. The van der Waals surface area contributed by atoms with Crippen LogP contribution in [0, 0.1) is 0 Å². The summed E-state index contributed by atoms with van der Waals surface area (Å²) in [5, 5.41) is 5.84. The van der Waals surface area contributed by atoms with E-state index < -0.39 is 0 Å². The molecule has 2 aromatic carbocycles. The smallest absolute Gasteiger partial charge is 0.255 e. The van der Waals surface area contributed by atoms with E-state index in [1.54, 1.807) is 12.1 Å². The van der Waals surface area contributed by atoms with Crippen molar-refractivity contribution in [3.8, 4) is 11.5 Å². The molecule has 0 saturated heterocycles. The van der Waals surface area contributed by atoms with E-state index in [4.69, 9.17) is 9.47 Å². The molecule has 0 bridgehead atoms. The second-order valence-electron chi connectivity index (χ2n) is 8.19. The van der Waals surface area contributed by atoms with E-state index in [2.05, 4.69) is 24.5 Å². The molecule has 0 aromatic heterocycles. The normalized spacial score (nSPS) is 11.5. The van der Waals surface area contributed by atoms with Crippen molar-refractivity contribution in [2.75, 3.05) is 19.8 Å². The van der Waals surface area contributed by atoms with Crippen molar-refractivity contribution in [1.29, 1.82) is 0 Å². The lowest BCUT2D eigenvalue weighted by atomic mass is 10.1. The summed E-state index contributed by atoms with van der Waals surface area (Å²) in [6.45, 7) is 7.61. The number of unbranched alkanes of at least 4 members (excludes halogenated alkanes) is 4. The van der Waals surface area contributed by atoms with Crippen LogP contribution in [-0.2, 0) is 0 Å². The molecule has 6 heteroatoms. The summed E-state index contributed by atoms with van der Waals surface area (Å²) in [5.41, 5.74) is 0.997. The van der Waals surface area contributed by atoms with E-state index in [1.165, 1.54) is 0 Å². The van der Waals surface area contributed by atoms with Crippen molar-refractivity contribution < 1.29 is 19.1 Å². The first-order chi connectivity index (χ1) is 16.1. The number of benzene rings is 2. The van der Waals surface area contributed by atoms with E-state index in [9.17, 15) is 9.59 Å². The summed E-state index contributed by atoms with van der Waals surface area (Å²) >= 11 is 0. The third-order valence-electron chi connectivity index (χ3n) is 5.22. The summed E-state index contributed by atoms with van der Waals surface area (Å²) in [5.74, 6) is 0.720. The largest absolute Gasteiger partial charge is 0.493 e. The summed E-state index contributed by atoms with van der Waals surface area (Å²) in [6, 6.07) is 14.2. The van der Waals surface area contributed by atoms with Crippen LogP contribution >= 0.6 is 0 Å². The Morgan fingerprint density at radius 2 is 1.24 bits per heavy atom. The van der Waals surface area contributed by atoms with Gasteiger partial charge in [0, 0.05) is 12.6 Å². The Labute approximate surface area is 198 Å². The number of para-hydroxylation sites is 2. The summed E-state index contributed by atoms with van der Waals surface area (Å²) in [6.07, 6.45) is 6.34. The Balaban J connectivity index is 1.87. The SMILES string of the molecule is CCCCCOc1ccccc1C(=O)NCC(C)NC(=O)c1ccccc1OCCCCC. The molecule has 0 radical (unpaired) electrons. The van der Waals surface area contributed by atoms with Crippen LogP contribution in [0.1, 0.15) is 80.0 Å². The van der Waals surface area contributed by atoms with Gasteiger partial charge in [-0.3, -0.25) is 9.59 Å². The molecular weight excluding hydrogens is 416 g/mol. The summed E-state index contributed by atoms with van der Waals surface area (Å²) in [4.78, 5) is 25.5. The van der Waals surface area contributed by atoms with Gasteiger partial charge in [-0.2, -0.15) is 0 Å². The molecule has 33 heavy (non-hydrogen) atoms. The molecule has 180 valence electrons. The Morgan fingerprint density at radius 1 is 0.758 bits per heavy atom. The first kappa shape index (κ1) is 26.2. The number of carbonyl (C=O) groups excluding carboxylic acids is 2. The van der Waals surface area contributed by atoms with Gasteiger partial charge in [-0.05, 0) is 44.0 Å². The maximum absolute atomic E-state index is 12.8. The molecule has 0 aliphatic rings. The Kier molecular flexibility index (Phi) is 11.9. The predicted octanol–water partition coefficient (Wildman–Crippen LogP) is 5.37. The predicted molar refractivity (Wildman–Crippen MR) is 132 cm³/mol. The van der Waals surface area contributed by atoms with Crippen LogP contribution in [-0.4, -0.2) is 37.6 Å². The van der Waals surface area contributed by atoms with Gasteiger partial charge in [0.15, 0.2) is 0 Å². The minimum absolute atomic E-state index is 0.220. The molecule has 1 atom stereocenters. The Hall–Kier alpha value is -3.02. The molecule has 2 N–H and O–H groups in total. The van der Waals surface area contributed by atoms with E-state index in [-0.39, 0.29) is 17.9 Å². The highest BCUT2D eigenvalue weighted by Gasteiger charge is 2.17. The number of hydrogen-bond acceptors (Lipinski definition) is 4. The molecule has 0 spiro atoms. The average Bonchev–Trinajstić information content (AvgIpc) is 2.83. The monoisotopic (exact) mass is 454 g/mol. The zero-order chi connectivity index (χ0) is 23.9.